The molecule has 4 nitrogen and oxygen atoms in total. The van der Waals surface area contributed by atoms with E-state index in [-0.39, 0.29) is 5.91 Å². The summed E-state index contributed by atoms with van der Waals surface area (Å²) in [4.78, 5) is 18.4. The van der Waals surface area contributed by atoms with Crippen LogP contribution in [0.1, 0.15) is 40.2 Å². The lowest BCUT2D eigenvalue weighted by molar-refractivity contribution is -0.00350. The van der Waals surface area contributed by atoms with Gasteiger partial charge in [-0.05, 0) is 57.0 Å². The Hall–Kier alpha value is -2.33. The maximum atomic E-state index is 13.5. The first-order chi connectivity index (χ1) is 13.7. The van der Waals surface area contributed by atoms with Crippen molar-refractivity contribution < 1.29 is 9.53 Å². The SMILES string of the molecule is COc1ccccc1[C@@H]1CN(C(=O)c2cccc(C)c2)[C@@H]2C3CCN(CC3)[C@@H]21. The van der Waals surface area contributed by atoms with Crippen molar-refractivity contribution in [1.82, 2.24) is 9.80 Å². The van der Waals surface area contributed by atoms with Crippen molar-refractivity contribution in [1.29, 1.82) is 0 Å². The maximum absolute atomic E-state index is 13.5. The number of hydrogen-bond acceptors (Lipinski definition) is 3. The molecule has 4 saturated heterocycles. The molecule has 4 heterocycles. The van der Waals surface area contributed by atoms with Crippen molar-refractivity contribution in [2.24, 2.45) is 5.92 Å². The van der Waals surface area contributed by atoms with Crippen molar-refractivity contribution in [3.63, 3.8) is 0 Å². The molecule has 0 N–H and O–H groups in total. The minimum Gasteiger partial charge on any atom is -0.496 e. The van der Waals surface area contributed by atoms with E-state index in [0.29, 0.717) is 23.9 Å². The van der Waals surface area contributed by atoms with E-state index < -0.39 is 0 Å². The van der Waals surface area contributed by atoms with Crippen LogP contribution in [0, 0.1) is 12.8 Å². The highest BCUT2D eigenvalue weighted by atomic mass is 16.5. The van der Waals surface area contributed by atoms with E-state index in [4.69, 9.17) is 4.74 Å². The predicted octanol–water partition coefficient (Wildman–Crippen LogP) is 3.71. The number of nitrogens with zero attached hydrogens (tertiary/aromatic N) is 2. The van der Waals surface area contributed by atoms with Crippen LogP contribution >= 0.6 is 0 Å². The molecule has 2 aromatic carbocycles. The fourth-order valence-corrected chi connectivity index (χ4v) is 5.84. The Morgan fingerprint density at radius 3 is 2.57 bits per heavy atom. The third kappa shape index (κ3) is 2.74. The Morgan fingerprint density at radius 2 is 1.82 bits per heavy atom. The van der Waals surface area contributed by atoms with Gasteiger partial charge in [0.2, 0.25) is 0 Å². The number of para-hydroxylation sites is 1. The Balaban J connectivity index is 1.55. The summed E-state index contributed by atoms with van der Waals surface area (Å²) < 4.78 is 5.69. The van der Waals surface area contributed by atoms with Gasteiger partial charge in [0.1, 0.15) is 5.75 Å². The number of hydrogen-bond donors (Lipinski definition) is 0. The van der Waals surface area contributed by atoms with Crippen LogP contribution in [-0.2, 0) is 0 Å². The normalized spacial score (nSPS) is 30.9. The lowest BCUT2D eigenvalue weighted by Gasteiger charge is -2.51. The van der Waals surface area contributed by atoms with E-state index >= 15 is 0 Å². The first-order valence-corrected chi connectivity index (χ1v) is 10.4. The van der Waals surface area contributed by atoms with Gasteiger partial charge in [-0.25, -0.2) is 0 Å². The lowest BCUT2D eigenvalue weighted by atomic mass is 9.75. The zero-order chi connectivity index (χ0) is 19.3. The first kappa shape index (κ1) is 17.7. The zero-order valence-corrected chi connectivity index (χ0v) is 16.7. The van der Waals surface area contributed by atoms with Crippen LogP contribution in [0.5, 0.6) is 5.75 Å². The van der Waals surface area contributed by atoms with Gasteiger partial charge in [-0.1, -0.05) is 35.9 Å². The molecule has 0 saturated carbocycles. The smallest absolute Gasteiger partial charge is 0.254 e. The molecule has 4 heteroatoms. The van der Waals surface area contributed by atoms with Gasteiger partial charge in [-0.3, -0.25) is 9.69 Å². The Morgan fingerprint density at radius 1 is 1.04 bits per heavy atom. The molecule has 0 radical (unpaired) electrons. The topological polar surface area (TPSA) is 32.8 Å². The molecule has 4 fully saturated rings. The Labute approximate surface area is 167 Å². The van der Waals surface area contributed by atoms with Crippen molar-refractivity contribution in [2.45, 2.75) is 37.8 Å². The second-order valence-corrected chi connectivity index (χ2v) is 8.53. The molecule has 3 atom stereocenters. The molecule has 4 aliphatic rings. The maximum Gasteiger partial charge on any atom is 0.254 e. The van der Waals surface area contributed by atoms with Crippen molar-refractivity contribution in [2.75, 3.05) is 26.7 Å². The number of ether oxygens (including phenoxy) is 1. The number of carbonyl (C=O) groups excluding carboxylic acids is 1. The summed E-state index contributed by atoms with van der Waals surface area (Å²) in [5.74, 6) is 2.05. The van der Waals surface area contributed by atoms with Crippen molar-refractivity contribution in [3.8, 4) is 5.75 Å². The van der Waals surface area contributed by atoms with Crippen LogP contribution in [0.4, 0.5) is 0 Å². The summed E-state index contributed by atoms with van der Waals surface area (Å²) in [6, 6.07) is 17.1. The third-order valence-electron chi connectivity index (χ3n) is 7.06. The molecule has 1 amide bonds. The lowest BCUT2D eigenvalue weighted by Crippen LogP contribution is -2.60. The molecule has 0 unspecified atom stereocenters. The highest BCUT2D eigenvalue weighted by Crippen LogP contribution is 2.48. The summed E-state index contributed by atoms with van der Waals surface area (Å²) in [5.41, 5.74) is 3.19. The van der Waals surface area contributed by atoms with E-state index in [1.54, 1.807) is 7.11 Å². The van der Waals surface area contributed by atoms with Crippen LogP contribution in [-0.4, -0.2) is 54.5 Å². The molecular formula is C24H28N2O2. The standard InChI is InChI=1S/C24H28N2O2/c1-16-6-5-7-18(14-16)24(27)26-15-20(19-8-3-4-9-21(19)28-2)23-22(26)17-10-12-25(23)13-11-17/h3-9,14,17,20,22-23H,10-13,15H2,1-2H3/t20-,22+,23+/m0/s1. The molecule has 0 spiro atoms. The summed E-state index contributed by atoms with van der Waals surface area (Å²) in [6.07, 6.45) is 2.41. The number of likely N-dealkylation sites (tertiary alicyclic amines) is 1. The van der Waals surface area contributed by atoms with E-state index in [2.05, 4.69) is 34.9 Å². The summed E-state index contributed by atoms with van der Waals surface area (Å²) in [7, 11) is 1.74. The van der Waals surface area contributed by atoms with Crippen LogP contribution < -0.4 is 4.74 Å². The van der Waals surface area contributed by atoms with Crippen LogP contribution in [0.25, 0.3) is 0 Å². The van der Waals surface area contributed by atoms with Crippen molar-refractivity contribution >= 4 is 5.91 Å². The molecule has 6 rings (SSSR count). The van der Waals surface area contributed by atoms with Gasteiger partial charge in [0.15, 0.2) is 0 Å². The summed E-state index contributed by atoms with van der Waals surface area (Å²) in [5, 5.41) is 0. The molecule has 4 aliphatic heterocycles. The molecule has 2 bridgehead atoms. The van der Waals surface area contributed by atoms with Crippen LogP contribution in [0.3, 0.4) is 0 Å². The summed E-state index contributed by atoms with van der Waals surface area (Å²) >= 11 is 0. The first-order valence-electron chi connectivity index (χ1n) is 10.4. The molecule has 2 aromatic rings. The average molecular weight is 377 g/mol. The van der Waals surface area contributed by atoms with E-state index in [9.17, 15) is 4.79 Å². The molecule has 146 valence electrons. The number of benzene rings is 2. The van der Waals surface area contributed by atoms with Gasteiger partial charge in [0, 0.05) is 29.6 Å². The zero-order valence-electron chi connectivity index (χ0n) is 16.7. The van der Waals surface area contributed by atoms with Crippen molar-refractivity contribution in [3.05, 3.63) is 65.2 Å². The number of aryl methyl sites for hydroxylation is 1. The Kier molecular flexibility index (Phi) is 4.39. The Bertz CT molecular complexity index is 888. The fraction of sp³-hybridized carbons (Fsp3) is 0.458. The molecular weight excluding hydrogens is 348 g/mol. The second-order valence-electron chi connectivity index (χ2n) is 8.53. The highest BCUT2D eigenvalue weighted by Gasteiger charge is 2.55. The number of methoxy groups -OCH3 is 1. The third-order valence-corrected chi connectivity index (χ3v) is 7.06. The largest absolute Gasteiger partial charge is 0.496 e. The van der Waals surface area contributed by atoms with Crippen LogP contribution in [0.2, 0.25) is 0 Å². The molecule has 0 aliphatic carbocycles. The number of fused-ring (bicyclic) bond motifs is 2. The number of amides is 1. The van der Waals surface area contributed by atoms with E-state index in [0.717, 1.165) is 36.5 Å². The minimum absolute atomic E-state index is 0.185. The fourth-order valence-electron chi connectivity index (χ4n) is 5.84. The van der Waals surface area contributed by atoms with Gasteiger partial charge in [0.25, 0.3) is 5.91 Å². The van der Waals surface area contributed by atoms with Gasteiger partial charge in [-0.2, -0.15) is 0 Å². The quantitative estimate of drug-likeness (QED) is 0.819. The summed E-state index contributed by atoms with van der Waals surface area (Å²) in [6.45, 7) is 5.14. The van der Waals surface area contributed by atoms with Gasteiger partial charge >= 0.3 is 0 Å². The monoisotopic (exact) mass is 376 g/mol. The molecule has 0 aromatic heterocycles. The van der Waals surface area contributed by atoms with Crippen LogP contribution in [0.15, 0.2) is 48.5 Å². The predicted molar refractivity (Wildman–Crippen MR) is 110 cm³/mol. The number of rotatable bonds is 3. The minimum atomic E-state index is 0.185. The van der Waals surface area contributed by atoms with Gasteiger partial charge in [-0.15, -0.1) is 0 Å². The number of piperidine rings is 3. The molecule has 28 heavy (non-hydrogen) atoms. The van der Waals surface area contributed by atoms with E-state index in [1.807, 2.05) is 30.3 Å². The second kappa shape index (κ2) is 6.93. The highest BCUT2D eigenvalue weighted by molar-refractivity contribution is 5.95. The van der Waals surface area contributed by atoms with Gasteiger partial charge < -0.3 is 9.64 Å². The van der Waals surface area contributed by atoms with E-state index in [1.165, 1.54) is 18.4 Å². The average Bonchev–Trinajstić information content (AvgIpc) is 3.16. The number of carbonyl (C=O) groups is 1. The van der Waals surface area contributed by atoms with Gasteiger partial charge in [0.05, 0.1) is 13.2 Å².